The van der Waals surface area contributed by atoms with Gasteiger partial charge in [-0.3, -0.25) is 0 Å². The van der Waals surface area contributed by atoms with Crippen molar-refractivity contribution in [3.8, 4) is 0 Å². The summed E-state index contributed by atoms with van der Waals surface area (Å²) >= 11 is 5.22. The number of thiophene rings is 1. The van der Waals surface area contributed by atoms with E-state index in [0.717, 1.165) is 44.1 Å². The lowest BCUT2D eigenvalue weighted by Gasteiger charge is -2.30. The van der Waals surface area contributed by atoms with Crippen molar-refractivity contribution >= 4 is 45.1 Å². The Balaban J connectivity index is 2.07. The SMILES string of the molecule is C=C(C)CSc1nc(CSC(=C)C)nc2sc3c(c12)CC(C)(C)OC3. The van der Waals surface area contributed by atoms with E-state index in [4.69, 9.17) is 14.7 Å². The van der Waals surface area contributed by atoms with Crippen LogP contribution in [0.25, 0.3) is 10.2 Å². The standard InChI is InChI=1S/C19H24N2OS3/c1-11(2)9-24-17-16-13-7-19(5,6)22-8-14(13)25-18(16)21-15(20-17)10-23-12(3)4/h1,3,7-10H2,2,4-6H3. The van der Waals surface area contributed by atoms with Gasteiger partial charge in [-0.25, -0.2) is 9.97 Å². The molecular formula is C19H24N2OS3. The Morgan fingerprint density at radius 2 is 2.04 bits per heavy atom. The zero-order valence-corrected chi connectivity index (χ0v) is 17.7. The van der Waals surface area contributed by atoms with Crippen LogP contribution in [0.15, 0.2) is 28.7 Å². The Morgan fingerprint density at radius 3 is 2.72 bits per heavy atom. The van der Waals surface area contributed by atoms with E-state index in [9.17, 15) is 0 Å². The van der Waals surface area contributed by atoms with Crippen LogP contribution in [0.4, 0.5) is 0 Å². The first-order chi connectivity index (χ1) is 11.7. The van der Waals surface area contributed by atoms with E-state index in [1.807, 2.05) is 6.92 Å². The number of hydrogen-bond acceptors (Lipinski definition) is 6. The highest BCUT2D eigenvalue weighted by Gasteiger charge is 2.31. The van der Waals surface area contributed by atoms with E-state index >= 15 is 0 Å². The van der Waals surface area contributed by atoms with Crippen molar-refractivity contribution in [2.24, 2.45) is 0 Å². The fourth-order valence-electron chi connectivity index (χ4n) is 2.70. The molecule has 0 saturated carbocycles. The topological polar surface area (TPSA) is 35.0 Å². The van der Waals surface area contributed by atoms with Crippen LogP contribution in [-0.4, -0.2) is 21.3 Å². The van der Waals surface area contributed by atoms with Crippen LogP contribution in [0.1, 0.15) is 44.0 Å². The van der Waals surface area contributed by atoms with Gasteiger partial charge in [-0.15, -0.1) is 34.9 Å². The molecule has 3 heterocycles. The molecule has 0 bridgehead atoms. The van der Waals surface area contributed by atoms with Crippen LogP contribution in [0.2, 0.25) is 0 Å². The zero-order valence-electron chi connectivity index (χ0n) is 15.3. The van der Waals surface area contributed by atoms with E-state index in [1.54, 1.807) is 34.9 Å². The first-order valence-corrected chi connectivity index (χ1v) is 11.0. The summed E-state index contributed by atoms with van der Waals surface area (Å²) in [5.74, 6) is 2.52. The summed E-state index contributed by atoms with van der Waals surface area (Å²) < 4.78 is 5.99. The first kappa shape index (κ1) is 19.0. The molecule has 2 aromatic rings. The molecule has 0 unspecified atom stereocenters. The molecule has 0 aromatic carbocycles. The van der Waals surface area contributed by atoms with Gasteiger partial charge in [-0.2, -0.15) is 0 Å². The van der Waals surface area contributed by atoms with Crippen molar-refractivity contribution in [3.05, 3.63) is 39.9 Å². The average molecular weight is 393 g/mol. The van der Waals surface area contributed by atoms with Crippen LogP contribution < -0.4 is 0 Å². The van der Waals surface area contributed by atoms with Crippen LogP contribution in [0.3, 0.4) is 0 Å². The number of fused-ring (bicyclic) bond motifs is 3. The molecule has 0 spiro atoms. The van der Waals surface area contributed by atoms with Crippen LogP contribution in [-0.2, 0) is 23.5 Å². The molecule has 0 saturated heterocycles. The smallest absolute Gasteiger partial charge is 0.141 e. The molecule has 0 fully saturated rings. The lowest BCUT2D eigenvalue weighted by molar-refractivity contribution is -0.0379. The number of rotatable bonds is 6. The second-order valence-electron chi connectivity index (χ2n) is 7.09. The summed E-state index contributed by atoms with van der Waals surface area (Å²) in [6.45, 7) is 17.0. The summed E-state index contributed by atoms with van der Waals surface area (Å²) in [6, 6.07) is 0. The third-order valence-corrected chi connectivity index (χ3v) is 7.05. The van der Waals surface area contributed by atoms with Gasteiger partial charge in [0, 0.05) is 22.4 Å². The van der Waals surface area contributed by atoms with Crippen molar-refractivity contribution in [1.29, 1.82) is 0 Å². The second-order valence-corrected chi connectivity index (χ2v) is 10.4. The quantitative estimate of drug-likeness (QED) is 0.343. The normalized spacial score (nSPS) is 16.0. The minimum absolute atomic E-state index is 0.133. The number of aromatic nitrogens is 2. The molecule has 0 N–H and O–H groups in total. The molecule has 0 aliphatic carbocycles. The predicted molar refractivity (Wildman–Crippen MR) is 112 cm³/mol. The molecule has 0 atom stereocenters. The van der Waals surface area contributed by atoms with Gasteiger partial charge in [0.1, 0.15) is 15.7 Å². The maximum atomic E-state index is 5.99. The Morgan fingerprint density at radius 1 is 1.28 bits per heavy atom. The highest BCUT2D eigenvalue weighted by molar-refractivity contribution is 8.02. The number of thioether (sulfide) groups is 2. The molecule has 0 radical (unpaired) electrons. The van der Waals surface area contributed by atoms with E-state index in [-0.39, 0.29) is 5.60 Å². The molecule has 3 rings (SSSR count). The molecule has 2 aromatic heterocycles. The number of nitrogens with zero attached hydrogens (tertiary/aromatic N) is 2. The second kappa shape index (κ2) is 7.43. The Labute approximate surface area is 162 Å². The lowest BCUT2D eigenvalue weighted by Crippen LogP contribution is -2.31. The van der Waals surface area contributed by atoms with Gasteiger partial charge in [0.05, 0.1) is 18.0 Å². The lowest BCUT2D eigenvalue weighted by atomic mass is 9.95. The van der Waals surface area contributed by atoms with Crippen molar-refractivity contribution < 1.29 is 4.74 Å². The van der Waals surface area contributed by atoms with Gasteiger partial charge in [-0.05, 0) is 38.2 Å². The largest absolute Gasteiger partial charge is 0.370 e. The van der Waals surface area contributed by atoms with Gasteiger partial charge in [0.25, 0.3) is 0 Å². The molecule has 1 aliphatic heterocycles. The van der Waals surface area contributed by atoms with E-state index < -0.39 is 0 Å². The van der Waals surface area contributed by atoms with E-state index in [2.05, 4.69) is 33.9 Å². The van der Waals surface area contributed by atoms with Crippen molar-refractivity contribution in [2.75, 3.05) is 5.75 Å². The van der Waals surface area contributed by atoms with Crippen molar-refractivity contribution in [2.45, 2.75) is 57.1 Å². The summed E-state index contributed by atoms with van der Waals surface area (Å²) in [5.41, 5.74) is 2.40. The molecule has 1 aliphatic rings. The first-order valence-electron chi connectivity index (χ1n) is 8.26. The number of hydrogen-bond donors (Lipinski definition) is 0. The summed E-state index contributed by atoms with van der Waals surface area (Å²) in [7, 11) is 0. The number of ether oxygens (including phenoxy) is 1. The highest BCUT2D eigenvalue weighted by atomic mass is 32.2. The van der Waals surface area contributed by atoms with Crippen molar-refractivity contribution in [1.82, 2.24) is 9.97 Å². The maximum absolute atomic E-state index is 5.99. The fraction of sp³-hybridized carbons (Fsp3) is 0.474. The fourth-order valence-corrected chi connectivity index (χ4v) is 5.31. The molecule has 134 valence electrons. The van der Waals surface area contributed by atoms with Gasteiger partial charge < -0.3 is 4.74 Å². The summed E-state index contributed by atoms with van der Waals surface area (Å²) in [4.78, 5) is 13.2. The van der Waals surface area contributed by atoms with Gasteiger partial charge in [0.15, 0.2) is 0 Å². The predicted octanol–water partition coefficient (Wildman–Crippen LogP) is 5.98. The molecule has 25 heavy (non-hydrogen) atoms. The Kier molecular flexibility index (Phi) is 5.63. The number of allylic oxidation sites excluding steroid dienone is 1. The Hall–Kier alpha value is -0.820. The molecule has 6 heteroatoms. The zero-order chi connectivity index (χ0) is 18.2. The van der Waals surface area contributed by atoms with Crippen LogP contribution in [0.5, 0.6) is 0 Å². The summed E-state index contributed by atoms with van der Waals surface area (Å²) in [5, 5.41) is 2.31. The minimum atomic E-state index is -0.133. The monoisotopic (exact) mass is 392 g/mol. The van der Waals surface area contributed by atoms with Crippen LogP contribution in [0, 0.1) is 0 Å². The average Bonchev–Trinajstić information content (AvgIpc) is 2.87. The molecule has 3 nitrogen and oxygen atoms in total. The Bertz CT molecular complexity index is 839. The van der Waals surface area contributed by atoms with Gasteiger partial charge >= 0.3 is 0 Å². The minimum Gasteiger partial charge on any atom is -0.370 e. The van der Waals surface area contributed by atoms with E-state index in [1.165, 1.54) is 15.8 Å². The highest BCUT2D eigenvalue weighted by Crippen LogP contribution is 2.42. The third-order valence-electron chi connectivity index (χ3n) is 3.85. The molecule has 0 amide bonds. The van der Waals surface area contributed by atoms with Crippen LogP contribution >= 0.6 is 34.9 Å². The molecular weight excluding hydrogens is 368 g/mol. The van der Waals surface area contributed by atoms with E-state index in [0.29, 0.717) is 6.61 Å². The van der Waals surface area contributed by atoms with Crippen molar-refractivity contribution in [3.63, 3.8) is 0 Å². The third kappa shape index (κ3) is 4.48. The summed E-state index contributed by atoms with van der Waals surface area (Å²) in [6.07, 6.45) is 0.909. The van der Waals surface area contributed by atoms with Gasteiger partial charge in [-0.1, -0.05) is 18.7 Å². The maximum Gasteiger partial charge on any atom is 0.141 e. The van der Waals surface area contributed by atoms with Gasteiger partial charge in [0.2, 0.25) is 0 Å².